The standard InChI is InChI=1S/C28H30N4O4S2/c1-3-22-9-5-7-17-32(22)38(34,35)24-13-10-20(11-14-24)27(33)31(19-21-8-4-6-16-29-21)28-30-25-18-23(36-2)12-15-26(25)37-28/h4,6,8,10-16,18,22H,3,5,7,9,17,19H2,1-2H3. The van der Waals surface area contributed by atoms with Crippen LogP contribution in [0.2, 0.25) is 0 Å². The molecule has 5 rings (SSSR count). The summed E-state index contributed by atoms with van der Waals surface area (Å²) in [4.78, 5) is 24.7. The number of fused-ring (bicyclic) bond motifs is 1. The summed E-state index contributed by atoms with van der Waals surface area (Å²) in [6.45, 7) is 2.78. The van der Waals surface area contributed by atoms with Crippen LogP contribution in [0.3, 0.4) is 0 Å². The average Bonchev–Trinajstić information content (AvgIpc) is 3.39. The zero-order valence-electron chi connectivity index (χ0n) is 21.4. The Balaban J connectivity index is 1.46. The highest BCUT2D eigenvalue weighted by Gasteiger charge is 2.32. The maximum absolute atomic E-state index is 13.8. The zero-order valence-corrected chi connectivity index (χ0v) is 23.0. The van der Waals surface area contributed by atoms with Crippen LogP contribution in [0.15, 0.2) is 71.8 Å². The topological polar surface area (TPSA) is 92.7 Å². The summed E-state index contributed by atoms with van der Waals surface area (Å²) in [5.41, 5.74) is 1.83. The lowest BCUT2D eigenvalue weighted by Crippen LogP contribution is -2.43. The van der Waals surface area contributed by atoms with E-state index in [-0.39, 0.29) is 23.4 Å². The number of aromatic nitrogens is 2. The molecule has 2 aromatic carbocycles. The number of anilines is 1. The number of sulfonamides is 1. The van der Waals surface area contributed by atoms with Gasteiger partial charge in [0.1, 0.15) is 5.75 Å². The van der Waals surface area contributed by atoms with Gasteiger partial charge in [-0.1, -0.05) is 30.7 Å². The predicted octanol–water partition coefficient (Wildman–Crippen LogP) is 5.50. The molecular weight excluding hydrogens is 520 g/mol. The van der Waals surface area contributed by atoms with Crippen molar-refractivity contribution in [3.8, 4) is 5.75 Å². The lowest BCUT2D eigenvalue weighted by molar-refractivity contribution is 0.0984. The summed E-state index contributed by atoms with van der Waals surface area (Å²) < 4.78 is 34.6. The van der Waals surface area contributed by atoms with Crippen LogP contribution in [0.4, 0.5) is 5.13 Å². The van der Waals surface area contributed by atoms with Crippen molar-refractivity contribution in [1.82, 2.24) is 14.3 Å². The molecule has 0 aliphatic carbocycles. The number of carbonyl (C=O) groups excluding carboxylic acids is 1. The molecule has 0 N–H and O–H groups in total. The van der Waals surface area contributed by atoms with Gasteiger partial charge in [-0.25, -0.2) is 13.4 Å². The molecule has 8 nitrogen and oxygen atoms in total. The second-order valence-electron chi connectivity index (χ2n) is 9.24. The van der Waals surface area contributed by atoms with E-state index in [0.717, 1.165) is 35.9 Å². The summed E-state index contributed by atoms with van der Waals surface area (Å²) >= 11 is 1.40. The number of hydrogen-bond donors (Lipinski definition) is 0. The lowest BCUT2D eigenvalue weighted by Gasteiger charge is -2.34. The number of methoxy groups -OCH3 is 1. The maximum Gasteiger partial charge on any atom is 0.260 e. The number of benzene rings is 2. The lowest BCUT2D eigenvalue weighted by atomic mass is 10.0. The molecule has 4 aromatic rings. The summed E-state index contributed by atoms with van der Waals surface area (Å²) in [5, 5.41) is 0.528. The second kappa shape index (κ2) is 11.2. The van der Waals surface area contributed by atoms with E-state index in [2.05, 4.69) is 4.98 Å². The SMILES string of the molecule is CCC1CCCCN1S(=O)(=O)c1ccc(C(=O)N(Cc2ccccn2)c2nc3cc(OC)ccc3s2)cc1. The molecule has 1 atom stereocenters. The molecule has 10 heteroatoms. The molecule has 198 valence electrons. The summed E-state index contributed by atoms with van der Waals surface area (Å²) in [5.74, 6) is 0.405. The minimum atomic E-state index is -3.63. The minimum Gasteiger partial charge on any atom is -0.497 e. The van der Waals surface area contributed by atoms with Crippen LogP contribution in [0, 0.1) is 0 Å². The molecule has 1 amide bonds. The number of ether oxygens (including phenoxy) is 1. The van der Waals surface area contributed by atoms with Crippen LogP contribution in [0.1, 0.15) is 48.7 Å². The third kappa shape index (κ3) is 5.29. The van der Waals surface area contributed by atoms with Crippen LogP contribution in [0.5, 0.6) is 5.75 Å². The number of pyridine rings is 1. The van der Waals surface area contributed by atoms with Gasteiger partial charge in [0.2, 0.25) is 10.0 Å². The van der Waals surface area contributed by atoms with Crippen molar-refractivity contribution in [1.29, 1.82) is 0 Å². The fourth-order valence-electron chi connectivity index (χ4n) is 4.78. The van der Waals surface area contributed by atoms with Gasteiger partial charge in [0.15, 0.2) is 5.13 Å². The van der Waals surface area contributed by atoms with Crippen molar-refractivity contribution < 1.29 is 17.9 Å². The van der Waals surface area contributed by atoms with Gasteiger partial charge in [-0.2, -0.15) is 4.31 Å². The first-order valence-electron chi connectivity index (χ1n) is 12.7. The quantitative estimate of drug-likeness (QED) is 0.288. The third-order valence-corrected chi connectivity index (χ3v) is 9.88. The van der Waals surface area contributed by atoms with Gasteiger partial charge < -0.3 is 4.74 Å². The van der Waals surface area contributed by atoms with E-state index >= 15 is 0 Å². The fourth-order valence-corrected chi connectivity index (χ4v) is 7.49. The average molecular weight is 551 g/mol. The van der Waals surface area contributed by atoms with E-state index < -0.39 is 10.0 Å². The van der Waals surface area contributed by atoms with Crippen LogP contribution < -0.4 is 9.64 Å². The monoisotopic (exact) mass is 550 g/mol. The van der Waals surface area contributed by atoms with Crippen LogP contribution in [-0.4, -0.2) is 48.3 Å². The molecule has 38 heavy (non-hydrogen) atoms. The predicted molar refractivity (Wildman–Crippen MR) is 149 cm³/mol. The van der Waals surface area contributed by atoms with Crippen LogP contribution >= 0.6 is 11.3 Å². The van der Waals surface area contributed by atoms with Gasteiger partial charge in [0, 0.05) is 30.4 Å². The molecule has 1 aliphatic heterocycles. The number of rotatable bonds is 8. The summed E-state index contributed by atoms with van der Waals surface area (Å²) in [7, 11) is -2.03. The van der Waals surface area contributed by atoms with Gasteiger partial charge in [0.25, 0.3) is 5.91 Å². The van der Waals surface area contributed by atoms with Gasteiger partial charge in [0.05, 0.1) is 34.5 Å². The third-order valence-electron chi connectivity index (χ3n) is 6.86. The number of piperidine rings is 1. The minimum absolute atomic E-state index is 0.0154. The smallest absolute Gasteiger partial charge is 0.260 e. The van der Waals surface area contributed by atoms with Crippen molar-refractivity contribution in [3.63, 3.8) is 0 Å². The molecule has 1 aliphatic rings. The molecular formula is C28H30N4O4S2. The van der Waals surface area contributed by atoms with Crippen molar-refractivity contribution in [2.75, 3.05) is 18.6 Å². The normalized spacial score (nSPS) is 16.4. The Morgan fingerprint density at radius 3 is 2.66 bits per heavy atom. The molecule has 1 saturated heterocycles. The van der Waals surface area contributed by atoms with Gasteiger partial charge in [-0.05, 0) is 67.8 Å². The Kier molecular flexibility index (Phi) is 7.73. The van der Waals surface area contributed by atoms with E-state index in [4.69, 9.17) is 9.72 Å². The van der Waals surface area contributed by atoms with Gasteiger partial charge >= 0.3 is 0 Å². The van der Waals surface area contributed by atoms with Crippen LogP contribution in [-0.2, 0) is 16.6 Å². The highest BCUT2D eigenvalue weighted by atomic mass is 32.2. The highest BCUT2D eigenvalue weighted by molar-refractivity contribution is 7.89. The molecule has 1 fully saturated rings. The molecule has 0 spiro atoms. The largest absolute Gasteiger partial charge is 0.497 e. The van der Waals surface area contributed by atoms with E-state index in [0.29, 0.717) is 28.7 Å². The Morgan fingerprint density at radius 1 is 1.13 bits per heavy atom. The second-order valence-corrected chi connectivity index (χ2v) is 12.1. The first-order chi connectivity index (χ1) is 18.4. The van der Waals surface area contributed by atoms with E-state index in [1.807, 2.05) is 43.3 Å². The van der Waals surface area contributed by atoms with E-state index in [1.54, 1.807) is 34.6 Å². The van der Waals surface area contributed by atoms with E-state index in [1.165, 1.54) is 23.5 Å². The molecule has 0 saturated carbocycles. The number of nitrogens with zero attached hydrogens (tertiary/aromatic N) is 4. The maximum atomic E-state index is 13.8. The number of amides is 1. The van der Waals surface area contributed by atoms with Crippen molar-refractivity contribution in [3.05, 3.63) is 78.1 Å². The molecule has 3 heterocycles. The number of hydrogen-bond acceptors (Lipinski definition) is 7. The molecule has 0 bridgehead atoms. The molecule has 0 radical (unpaired) electrons. The Morgan fingerprint density at radius 2 is 1.95 bits per heavy atom. The highest BCUT2D eigenvalue weighted by Crippen LogP contribution is 2.33. The van der Waals surface area contributed by atoms with Crippen molar-refractivity contribution in [2.24, 2.45) is 0 Å². The van der Waals surface area contributed by atoms with Crippen molar-refractivity contribution >= 4 is 42.6 Å². The fraction of sp³-hybridized carbons (Fsp3) is 0.321. The Bertz CT molecular complexity index is 1520. The van der Waals surface area contributed by atoms with Crippen molar-refractivity contribution in [2.45, 2.75) is 50.1 Å². The summed E-state index contributed by atoms with van der Waals surface area (Å²) in [6.07, 6.45) is 5.26. The van der Waals surface area contributed by atoms with Gasteiger partial charge in [-0.15, -0.1) is 0 Å². The molecule has 2 aromatic heterocycles. The van der Waals surface area contributed by atoms with E-state index in [9.17, 15) is 13.2 Å². The Labute approximate surface area is 227 Å². The van der Waals surface area contributed by atoms with Crippen LogP contribution in [0.25, 0.3) is 10.2 Å². The molecule has 1 unspecified atom stereocenters. The summed E-state index contributed by atoms with van der Waals surface area (Å²) in [6, 6.07) is 17.4. The first kappa shape index (κ1) is 26.3. The van der Waals surface area contributed by atoms with Gasteiger partial charge in [-0.3, -0.25) is 14.7 Å². The zero-order chi connectivity index (χ0) is 26.7. The number of carbonyl (C=O) groups is 1. The Hall–Kier alpha value is -3.34. The number of thiazole rings is 1. The first-order valence-corrected chi connectivity index (χ1v) is 14.9.